The first kappa shape index (κ1) is 12.8. The molecule has 1 heterocycles. The molecule has 1 aromatic rings. The van der Waals surface area contributed by atoms with E-state index in [0.717, 1.165) is 0 Å². The minimum Gasteiger partial charge on any atom is -0.309 e. The molecular formula is C9H11ClF3NS. The van der Waals surface area contributed by atoms with Gasteiger partial charge in [-0.05, 0) is 18.0 Å². The summed E-state index contributed by atoms with van der Waals surface area (Å²) in [4.78, 5) is 0.552. The van der Waals surface area contributed by atoms with Crippen LogP contribution in [0.3, 0.4) is 0 Å². The molecule has 1 nitrogen and oxygen atoms in total. The van der Waals surface area contributed by atoms with E-state index in [9.17, 15) is 13.2 Å². The molecule has 0 aliphatic heterocycles. The first-order valence-electron chi connectivity index (χ1n) is 4.47. The second-order valence-corrected chi connectivity index (χ2v) is 4.42. The molecule has 6 heteroatoms. The topological polar surface area (TPSA) is 12.0 Å². The molecule has 0 radical (unpaired) electrons. The third-order valence-electron chi connectivity index (χ3n) is 1.85. The van der Waals surface area contributed by atoms with Crippen LogP contribution in [0.15, 0.2) is 11.4 Å². The van der Waals surface area contributed by atoms with Crippen LogP contribution >= 0.6 is 22.9 Å². The van der Waals surface area contributed by atoms with Crippen LogP contribution < -0.4 is 5.32 Å². The van der Waals surface area contributed by atoms with Gasteiger partial charge < -0.3 is 5.32 Å². The van der Waals surface area contributed by atoms with Gasteiger partial charge in [-0.3, -0.25) is 0 Å². The van der Waals surface area contributed by atoms with Gasteiger partial charge >= 0.3 is 6.18 Å². The molecular weight excluding hydrogens is 247 g/mol. The summed E-state index contributed by atoms with van der Waals surface area (Å²) in [5.41, 5.74) is 0. The number of thiophene rings is 1. The van der Waals surface area contributed by atoms with Gasteiger partial charge in [0, 0.05) is 4.88 Å². The van der Waals surface area contributed by atoms with Crippen LogP contribution in [0.4, 0.5) is 13.2 Å². The van der Waals surface area contributed by atoms with Gasteiger partial charge in [0.25, 0.3) is 0 Å². The fourth-order valence-corrected chi connectivity index (χ4v) is 2.55. The van der Waals surface area contributed by atoms with Gasteiger partial charge in [0.05, 0.1) is 17.5 Å². The largest absolute Gasteiger partial charge is 0.390 e. The van der Waals surface area contributed by atoms with Crippen molar-refractivity contribution in [3.8, 4) is 0 Å². The molecule has 86 valence electrons. The summed E-state index contributed by atoms with van der Waals surface area (Å²) in [6, 6.07) is 0.880. The molecule has 0 saturated heterocycles. The van der Waals surface area contributed by atoms with Crippen LogP contribution in [0.1, 0.15) is 24.3 Å². The Balaban J connectivity index is 2.79. The average molecular weight is 258 g/mol. The number of hydrogen-bond acceptors (Lipinski definition) is 2. The Kier molecular flexibility index (Phi) is 4.43. The van der Waals surface area contributed by atoms with Crippen molar-refractivity contribution in [2.75, 3.05) is 6.54 Å². The molecule has 0 saturated carbocycles. The van der Waals surface area contributed by atoms with Crippen LogP contribution in [-0.4, -0.2) is 12.7 Å². The Bertz CT molecular complexity index is 311. The van der Waals surface area contributed by atoms with E-state index in [-0.39, 0.29) is 0 Å². The maximum absolute atomic E-state index is 12.3. The van der Waals surface area contributed by atoms with E-state index in [1.54, 1.807) is 18.4 Å². The van der Waals surface area contributed by atoms with Crippen molar-refractivity contribution in [2.45, 2.75) is 25.6 Å². The smallest absolute Gasteiger partial charge is 0.309 e. The lowest BCUT2D eigenvalue weighted by Gasteiger charge is -2.18. The maximum atomic E-state index is 12.3. The number of hydrogen-bond donors (Lipinski definition) is 1. The van der Waals surface area contributed by atoms with Crippen molar-refractivity contribution in [3.05, 3.63) is 21.3 Å². The van der Waals surface area contributed by atoms with Crippen LogP contribution in [0.5, 0.6) is 0 Å². The molecule has 0 amide bonds. The van der Waals surface area contributed by atoms with Crippen molar-refractivity contribution < 1.29 is 13.2 Å². The van der Waals surface area contributed by atoms with Crippen LogP contribution in [0.2, 0.25) is 5.02 Å². The van der Waals surface area contributed by atoms with Gasteiger partial charge in [0.15, 0.2) is 0 Å². The molecule has 15 heavy (non-hydrogen) atoms. The summed E-state index contributed by atoms with van der Waals surface area (Å²) < 4.78 is 36.8. The summed E-state index contributed by atoms with van der Waals surface area (Å²) in [5, 5.41) is 4.88. The van der Waals surface area contributed by atoms with Crippen LogP contribution in [0, 0.1) is 0 Å². The lowest BCUT2D eigenvalue weighted by molar-refractivity contribution is -0.140. The second-order valence-electron chi connectivity index (χ2n) is 3.06. The molecule has 0 aromatic carbocycles. The zero-order valence-corrected chi connectivity index (χ0v) is 9.64. The Morgan fingerprint density at radius 3 is 2.60 bits per heavy atom. The lowest BCUT2D eigenvalue weighted by Crippen LogP contribution is -2.26. The predicted octanol–water partition coefficient (Wildman–Crippen LogP) is 4.00. The standard InChI is InChI=1S/C9H11ClF3NS/c1-2-14-7(5-9(11,12)13)8-6(10)3-4-15-8/h3-4,7,14H,2,5H2,1H3. The van der Waals surface area contributed by atoms with Gasteiger partial charge in [0.2, 0.25) is 0 Å². The minimum atomic E-state index is -4.18. The summed E-state index contributed by atoms with van der Waals surface area (Å²) in [5.74, 6) is 0. The van der Waals surface area contributed by atoms with Gasteiger partial charge in [-0.25, -0.2) is 0 Å². The summed E-state index contributed by atoms with van der Waals surface area (Å²) >= 11 is 7.05. The SMILES string of the molecule is CCNC(CC(F)(F)F)c1sccc1Cl. The summed E-state index contributed by atoms with van der Waals surface area (Å²) in [6.07, 6.45) is -5.07. The maximum Gasteiger partial charge on any atom is 0.390 e. The van der Waals surface area contributed by atoms with Gasteiger partial charge in [-0.15, -0.1) is 11.3 Å². The third kappa shape index (κ3) is 4.01. The van der Waals surface area contributed by atoms with Gasteiger partial charge in [-0.2, -0.15) is 13.2 Å². The van der Waals surface area contributed by atoms with Crippen LogP contribution in [0.25, 0.3) is 0 Å². The van der Waals surface area contributed by atoms with E-state index in [0.29, 0.717) is 16.4 Å². The highest BCUT2D eigenvalue weighted by Crippen LogP contribution is 2.35. The molecule has 1 unspecified atom stereocenters. The van der Waals surface area contributed by atoms with E-state index < -0.39 is 18.6 Å². The number of halogens is 4. The quantitative estimate of drug-likeness (QED) is 0.860. The Hall–Kier alpha value is -0.260. The van der Waals surface area contributed by atoms with E-state index in [4.69, 9.17) is 11.6 Å². The van der Waals surface area contributed by atoms with Gasteiger partial charge in [0.1, 0.15) is 0 Å². The number of nitrogens with one attached hydrogen (secondary N) is 1. The molecule has 1 aromatic heterocycles. The molecule has 1 N–H and O–H groups in total. The van der Waals surface area contributed by atoms with Crippen molar-refractivity contribution in [3.63, 3.8) is 0 Å². The summed E-state index contributed by atoms with van der Waals surface area (Å²) in [7, 11) is 0. The highest BCUT2D eigenvalue weighted by molar-refractivity contribution is 7.10. The van der Waals surface area contributed by atoms with E-state index >= 15 is 0 Å². The van der Waals surface area contributed by atoms with Crippen molar-refractivity contribution in [1.29, 1.82) is 0 Å². The zero-order valence-electron chi connectivity index (χ0n) is 8.07. The average Bonchev–Trinajstić information content (AvgIpc) is 2.48. The van der Waals surface area contributed by atoms with Gasteiger partial charge in [-0.1, -0.05) is 18.5 Å². The van der Waals surface area contributed by atoms with E-state index in [1.807, 2.05) is 0 Å². The summed E-state index contributed by atoms with van der Waals surface area (Å²) in [6.45, 7) is 2.25. The van der Waals surface area contributed by atoms with Crippen molar-refractivity contribution >= 4 is 22.9 Å². The number of rotatable bonds is 4. The fraction of sp³-hybridized carbons (Fsp3) is 0.556. The Labute approximate surface area is 95.2 Å². The minimum absolute atomic E-state index is 0.398. The Morgan fingerprint density at radius 1 is 1.53 bits per heavy atom. The molecule has 0 fully saturated rings. The van der Waals surface area contributed by atoms with Crippen LogP contribution in [-0.2, 0) is 0 Å². The Morgan fingerprint density at radius 2 is 2.20 bits per heavy atom. The predicted molar refractivity (Wildman–Crippen MR) is 56.4 cm³/mol. The first-order valence-corrected chi connectivity index (χ1v) is 5.73. The second kappa shape index (κ2) is 5.18. The van der Waals surface area contributed by atoms with Crippen molar-refractivity contribution in [2.24, 2.45) is 0 Å². The third-order valence-corrected chi connectivity index (χ3v) is 3.32. The molecule has 0 bridgehead atoms. The highest BCUT2D eigenvalue weighted by Gasteiger charge is 2.33. The normalized spacial score (nSPS) is 14.2. The molecule has 0 spiro atoms. The highest BCUT2D eigenvalue weighted by atomic mass is 35.5. The molecule has 1 rings (SSSR count). The van der Waals surface area contributed by atoms with E-state index in [1.165, 1.54) is 11.3 Å². The van der Waals surface area contributed by atoms with E-state index in [2.05, 4.69) is 5.32 Å². The first-order chi connectivity index (χ1) is 6.94. The monoisotopic (exact) mass is 257 g/mol. The lowest BCUT2D eigenvalue weighted by atomic mass is 10.1. The fourth-order valence-electron chi connectivity index (χ4n) is 1.29. The molecule has 1 atom stereocenters. The van der Waals surface area contributed by atoms with Crippen molar-refractivity contribution in [1.82, 2.24) is 5.32 Å². The molecule has 0 aliphatic carbocycles. The number of alkyl halides is 3. The molecule has 0 aliphatic rings. The zero-order chi connectivity index (χ0) is 11.5.